The van der Waals surface area contributed by atoms with Crippen molar-refractivity contribution >= 4 is 11.8 Å². The van der Waals surface area contributed by atoms with Gasteiger partial charge in [-0.3, -0.25) is 9.59 Å². The molecule has 0 fully saturated rings. The van der Waals surface area contributed by atoms with Crippen molar-refractivity contribution in [1.82, 2.24) is 10.2 Å². The Balaban J connectivity index is 2.24. The number of rotatable bonds is 7. The second-order valence-corrected chi connectivity index (χ2v) is 6.01. The van der Waals surface area contributed by atoms with Gasteiger partial charge in [0.05, 0.1) is 0 Å². The monoisotopic (exact) mass is 340 g/mol. The molecule has 0 heterocycles. The summed E-state index contributed by atoms with van der Waals surface area (Å²) in [5, 5.41) is 14.1. The highest BCUT2D eigenvalue weighted by molar-refractivity contribution is 5.90. The summed E-state index contributed by atoms with van der Waals surface area (Å²) in [7, 11) is 1.66. The van der Waals surface area contributed by atoms with Crippen LogP contribution < -0.4 is 5.32 Å². The van der Waals surface area contributed by atoms with E-state index in [9.17, 15) is 14.7 Å². The number of aliphatic hydroxyl groups is 1. The molecule has 0 aliphatic rings. The predicted octanol–water partition coefficient (Wildman–Crippen LogP) is 1.91. The Morgan fingerprint density at radius 1 is 1.00 bits per heavy atom. The first-order chi connectivity index (χ1) is 12.0. The van der Waals surface area contributed by atoms with Crippen LogP contribution in [0, 0.1) is 0 Å². The number of nitrogens with zero attached hydrogens (tertiary/aromatic N) is 1. The van der Waals surface area contributed by atoms with Gasteiger partial charge in [0.15, 0.2) is 5.60 Å². The molecule has 0 aromatic heterocycles. The van der Waals surface area contributed by atoms with E-state index in [1.54, 1.807) is 55.6 Å². The van der Waals surface area contributed by atoms with Crippen molar-refractivity contribution in [2.45, 2.75) is 18.9 Å². The lowest BCUT2D eigenvalue weighted by Gasteiger charge is -2.32. The van der Waals surface area contributed by atoms with Crippen molar-refractivity contribution in [3.63, 3.8) is 0 Å². The van der Waals surface area contributed by atoms with Crippen LogP contribution in [0.3, 0.4) is 0 Å². The number of benzene rings is 2. The molecule has 0 aliphatic carbocycles. The molecule has 2 rings (SSSR count). The van der Waals surface area contributed by atoms with Crippen molar-refractivity contribution in [2.75, 3.05) is 20.1 Å². The first-order valence-corrected chi connectivity index (χ1v) is 8.29. The van der Waals surface area contributed by atoms with Crippen LogP contribution in [0.15, 0.2) is 60.7 Å². The van der Waals surface area contributed by atoms with Crippen LogP contribution in [0.5, 0.6) is 0 Å². The Bertz CT molecular complexity index is 662. The maximum atomic E-state index is 13.1. The molecule has 2 aromatic rings. The molecule has 2 amide bonds. The molecule has 0 spiro atoms. The van der Waals surface area contributed by atoms with Gasteiger partial charge in [-0.15, -0.1) is 0 Å². The van der Waals surface area contributed by atoms with Gasteiger partial charge in [-0.1, -0.05) is 60.7 Å². The van der Waals surface area contributed by atoms with E-state index in [1.165, 1.54) is 11.8 Å². The number of amides is 2. The Kier molecular flexibility index (Phi) is 6.31. The molecule has 25 heavy (non-hydrogen) atoms. The average Bonchev–Trinajstić information content (AvgIpc) is 2.65. The van der Waals surface area contributed by atoms with Gasteiger partial charge in [-0.25, -0.2) is 0 Å². The first-order valence-electron chi connectivity index (χ1n) is 8.29. The van der Waals surface area contributed by atoms with E-state index in [0.29, 0.717) is 30.6 Å². The number of hydrogen-bond acceptors (Lipinski definition) is 3. The fraction of sp³-hybridized carbons (Fsp3) is 0.300. The second kappa shape index (κ2) is 8.44. The standard InChI is InChI=1S/C20H24N2O3/c1-16(23)21-14-9-15-22(2)19(24)20(25,17-10-5-3-6-11-17)18-12-7-4-8-13-18/h3-8,10-13,25H,9,14-15H2,1-2H3,(H,21,23). The summed E-state index contributed by atoms with van der Waals surface area (Å²) in [6, 6.07) is 17.9. The molecule has 5 heteroatoms. The van der Waals surface area contributed by atoms with Gasteiger partial charge in [0.1, 0.15) is 0 Å². The first kappa shape index (κ1) is 18.7. The second-order valence-electron chi connectivity index (χ2n) is 6.01. The molecule has 0 saturated heterocycles. The maximum absolute atomic E-state index is 13.1. The molecule has 0 unspecified atom stereocenters. The number of carbonyl (C=O) groups excluding carboxylic acids is 2. The molecule has 2 aromatic carbocycles. The van der Waals surface area contributed by atoms with Crippen molar-refractivity contribution in [1.29, 1.82) is 0 Å². The van der Waals surface area contributed by atoms with Gasteiger partial charge in [0.2, 0.25) is 5.91 Å². The van der Waals surface area contributed by atoms with Crippen LogP contribution in [-0.4, -0.2) is 42.0 Å². The summed E-state index contributed by atoms with van der Waals surface area (Å²) in [5.41, 5.74) is -0.689. The molecule has 132 valence electrons. The van der Waals surface area contributed by atoms with E-state index < -0.39 is 11.5 Å². The summed E-state index contributed by atoms with van der Waals surface area (Å²) in [4.78, 5) is 25.5. The molecule has 0 atom stereocenters. The summed E-state index contributed by atoms with van der Waals surface area (Å²) in [5.74, 6) is -0.494. The highest BCUT2D eigenvalue weighted by Crippen LogP contribution is 2.31. The van der Waals surface area contributed by atoms with Crippen LogP contribution >= 0.6 is 0 Å². The molecule has 0 radical (unpaired) electrons. The van der Waals surface area contributed by atoms with E-state index in [4.69, 9.17) is 0 Å². The van der Waals surface area contributed by atoms with Gasteiger partial charge in [0.25, 0.3) is 5.91 Å². The topological polar surface area (TPSA) is 69.6 Å². The zero-order valence-electron chi connectivity index (χ0n) is 14.6. The number of carbonyl (C=O) groups is 2. The number of likely N-dealkylation sites (N-methyl/N-ethyl adjacent to an activating group) is 1. The number of hydrogen-bond donors (Lipinski definition) is 2. The van der Waals surface area contributed by atoms with Crippen molar-refractivity contribution < 1.29 is 14.7 Å². The lowest BCUT2D eigenvalue weighted by atomic mass is 9.85. The van der Waals surface area contributed by atoms with E-state index in [2.05, 4.69) is 5.32 Å². The minimum atomic E-state index is -1.74. The van der Waals surface area contributed by atoms with Crippen molar-refractivity contribution in [3.05, 3.63) is 71.8 Å². The summed E-state index contributed by atoms with van der Waals surface area (Å²) >= 11 is 0. The fourth-order valence-electron chi connectivity index (χ4n) is 2.73. The largest absolute Gasteiger partial charge is 0.372 e. The molecule has 5 nitrogen and oxygen atoms in total. The third-order valence-corrected chi connectivity index (χ3v) is 4.08. The van der Waals surface area contributed by atoms with E-state index in [-0.39, 0.29) is 5.91 Å². The van der Waals surface area contributed by atoms with Crippen LogP contribution in [0.25, 0.3) is 0 Å². The Hall–Kier alpha value is -2.66. The Labute approximate surface area is 148 Å². The smallest absolute Gasteiger partial charge is 0.263 e. The third-order valence-electron chi connectivity index (χ3n) is 4.08. The van der Waals surface area contributed by atoms with Gasteiger partial charge < -0.3 is 15.3 Å². The predicted molar refractivity (Wildman–Crippen MR) is 96.8 cm³/mol. The molecular formula is C20H24N2O3. The minimum absolute atomic E-state index is 0.0981. The van der Waals surface area contributed by atoms with Gasteiger partial charge >= 0.3 is 0 Å². The molecule has 2 N–H and O–H groups in total. The quantitative estimate of drug-likeness (QED) is 0.757. The van der Waals surface area contributed by atoms with E-state index in [1.807, 2.05) is 12.1 Å². The zero-order chi connectivity index (χ0) is 18.3. The summed E-state index contributed by atoms with van der Waals surface area (Å²) in [6.07, 6.45) is 0.613. The third kappa shape index (κ3) is 4.45. The fourth-order valence-corrected chi connectivity index (χ4v) is 2.73. The van der Waals surface area contributed by atoms with Gasteiger partial charge in [-0.05, 0) is 17.5 Å². The molecule has 0 bridgehead atoms. The zero-order valence-corrected chi connectivity index (χ0v) is 14.6. The average molecular weight is 340 g/mol. The Morgan fingerprint density at radius 2 is 1.48 bits per heavy atom. The molecule has 0 aliphatic heterocycles. The SMILES string of the molecule is CC(=O)NCCCN(C)C(=O)C(O)(c1ccccc1)c1ccccc1. The lowest BCUT2D eigenvalue weighted by Crippen LogP contribution is -2.46. The van der Waals surface area contributed by atoms with Gasteiger partial charge in [0, 0.05) is 27.1 Å². The lowest BCUT2D eigenvalue weighted by molar-refractivity contribution is -0.146. The van der Waals surface area contributed by atoms with E-state index >= 15 is 0 Å². The highest BCUT2D eigenvalue weighted by Gasteiger charge is 2.41. The molecular weight excluding hydrogens is 316 g/mol. The van der Waals surface area contributed by atoms with Gasteiger partial charge in [-0.2, -0.15) is 0 Å². The van der Waals surface area contributed by atoms with E-state index in [0.717, 1.165) is 0 Å². The maximum Gasteiger partial charge on any atom is 0.263 e. The van der Waals surface area contributed by atoms with Crippen molar-refractivity contribution in [3.8, 4) is 0 Å². The van der Waals surface area contributed by atoms with Crippen LogP contribution in [0.1, 0.15) is 24.5 Å². The Morgan fingerprint density at radius 3 is 1.92 bits per heavy atom. The van der Waals surface area contributed by atoms with Crippen molar-refractivity contribution in [2.24, 2.45) is 0 Å². The molecule has 0 saturated carbocycles. The summed E-state index contributed by atoms with van der Waals surface area (Å²) < 4.78 is 0. The number of nitrogens with one attached hydrogen (secondary N) is 1. The normalized spacial score (nSPS) is 11.0. The highest BCUT2D eigenvalue weighted by atomic mass is 16.3. The van der Waals surface area contributed by atoms with Crippen LogP contribution in [0.4, 0.5) is 0 Å². The summed E-state index contributed by atoms with van der Waals surface area (Å²) in [6.45, 7) is 2.38. The van der Waals surface area contributed by atoms with Crippen LogP contribution in [0.2, 0.25) is 0 Å². The van der Waals surface area contributed by atoms with Crippen LogP contribution in [-0.2, 0) is 15.2 Å². The minimum Gasteiger partial charge on any atom is -0.372 e.